The highest BCUT2D eigenvalue weighted by Gasteiger charge is 2.23. The largest absolute Gasteiger partial charge is 0.348 e. The molecule has 1 rings (SSSR count). The van der Waals surface area contributed by atoms with E-state index in [0.717, 1.165) is 6.42 Å². The van der Waals surface area contributed by atoms with Crippen molar-refractivity contribution in [1.82, 2.24) is 0 Å². The Morgan fingerprint density at radius 3 is 2.20 bits per heavy atom. The highest BCUT2D eigenvalue weighted by atomic mass is 35.5. The molecule has 1 saturated heterocycles. The Bertz CT molecular complexity index is 97.8. The summed E-state index contributed by atoms with van der Waals surface area (Å²) in [6, 6.07) is 0. The van der Waals surface area contributed by atoms with E-state index in [1.807, 2.05) is 13.8 Å². The summed E-state index contributed by atoms with van der Waals surface area (Å²) in [7, 11) is 0. The molecular weight excluding hydrogens is 152 g/mol. The minimum Gasteiger partial charge on any atom is -0.348 e. The molecule has 1 heterocycles. The Morgan fingerprint density at radius 2 is 1.80 bits per heavy atom. The van der Waals surface area contributed by atoms with Crippen molar-refractivity contribution in [1.29, 1.82) is 0 Å². The van der Waals surface area contributed by atoms with Crippen molar-refractivity contribution in [3.63, 3.8) is 0 Å². The van der Waals surface area contributed by atoms with E-state index < -0.39 is 0 Å². The van der Waals surface area contributed by atoms with Crippen LogP contribution < -0.4 is 0 Å². The van der Waals surface area contributed by atoms with Crippen molar-refractivity contribution >= 4 is 11.6 Å². The summed E-state index contributed by atoms with van der Waals surface area (Å²) < 4.78 is 10.7. The van der Waals surface area contributed by atoms with Gasteiger partial charge in [-0.15, -0.1) is 11.6 Å². The highest BCUT2D eigenvalue weighted by molar-refractivity contribution is 6.18. The van der Waals surface area contributed by atoms with Crippen molar-refractivity contribution in [2.45, 2.75) is 38.8 Å². The van der Waals surface area contributed by atoms with Crippen molar-refractivity contribution in [3.8, 4) is 0 Å². The van der Waals surface area contributed by atoms with Gasteiger partial charge in [0, 0.05) is 0 Å². The second-order valence-corrected chi connectivity index (χ2v) is 3.02. The molecule has 0 aromatic carbocycles. The lowest BCUT2D eigenvalue weighted by Crippen LogP contribution is -2.36. The zero-order valence-electron chi connectivity index (χ0n) is 6.34. The lowest BCUT2D eigenvalue weighted by molar-refractivity contribution is -0.222. The van der Waals surface area contributed by atoms with Crippen LogP contribution in [-0.2, 0) is 9.47 Å². The van der Waals surface area contributed by atoms with Gasteiger partial charge in [-0.1, -0.05) is 0 Å². The van der Waals surface area contributed by atoms with Crippen LogP contribution in [0.4, 0.5) is 0 Å². The first-order valence-corrected chi connectivity index (χ1v) is 4.12. The first-order valence-electron chi connectivity index (χ1n) is 3.59. The Morgan fingerprint density at radius 1 is 1.30 bits per heavy atom. The van der Waals surface area contributed by atoms with Crippen LogP contribution in [0.25, 0.3) is 0 Å². The van der Waals surface area contributed by atoms with Gasteiger partial charge in [-0.05, 0) is 20.3 Å². The third-order valence-corrected chi connectivity index (χ3v) is 1.81. The van der Waals surface area contributed by atoms with Crippen molar-refractivity contribution < 1.29 is 9.47 Å². The number of alkyl halides is 1. The van der Waals surface area contributed by atoms with Crippen LogP contribution in [-0.4, -0.2) is 24.4 Å². The van der Waals surface area contributed by atoms with Gasteiger partial charge in [0.15, 0.2) is 6.29 Å². The highest BCUT2D eigenvalue weighted by Crippen LogP contribution is 2.18. The van der Waals surface area contributed by atoms with Crippen molar-refractivity contribution in [2.75, 3.05) is 5.88 Å². The van der Waals surface area contributed by atoms with Gasteiger partial charge in [-0.2, -0.15) is 0 Å². The van der Waals surface area contributed by atoms with Crippen LogP contribution in [0.5, 0.6) is 0 Å². The molecule has 10 heavy (non-hydrogen) atoms. The lowest BCUT2D eigenvalue weighted by atomic mass is 10.2. The Labute approximate surface area is 66.5 Å². The number of hydrogen-bond acceptors (Lipinski definition) is 2. The fourth-order valence-corrected chi connectivity index (χ4v) is 1.35. The van der Waals surface area contributed by atoms with Gasteiger partial charge in [0.25, 0.3) is 0 Å². The molecule has 0 aromatic rings. The average Bonchev–Trinajstić information content (AvgIpc) is 1.85. The van der Waals surface area contributed by atoms with Gasteiger partial charge < -0.3 is 9.47 Å². The maximum absolute atomic E-state index is 5.56. The first-order chi connectivity index (χ1) is 4.72. The molecule has 0 N–H and O–H groups in total. The molecule has 1 fully saturated rings. The van der Waals surface area contributed by atoms with E-state index in [0.29, 0.717) is 5.88 Å². The molecule has 2 nitrogen and oxygen atoms in total. The van der Waals surface area contributed by atoms with Crippen LogP contribution in [0, 0.1) is 0 Å². The molecule has 2 atom stereocenters. The Kier molecular flexibility index (Phi) is 2.96. The predicted octanol–water partition coefficient (Wildman–Crippen LogP) is 1.77. The van der Waals surface area contributed by atoms with Crippen LogP contribution >= 0.6 is 11.6 Å². The molecule has 0 aromatic heterocycles. The zero-order valence-corrected chi connectivity index (χ0v) is 7.10. The fourth-order valence-electron chi connectivity index (χ4n) is 1.20. The van der Waals surface area contributed by atoms with Gasteiger partial charge >= 0.3 is 0 Å². The van der Waals surface area contributed by atoms with Gasteiger partial charge in [-0.25, -0.2) is 0 Å². The molecule has 0 spiro atoms. The van der Waals surface area contributed by atoms with E-state index in [1.54, 1.807) is 0 Å². The van der Waals surface area contributed by atoms with Crippen molar-refractivity contribution in [2.24, 2.45) is 0 Å². The Hall–Kier alpha value is 0.210. The topological polar surface area (TPSA) is 18.5 Å². The monoisotopic (exact) mass is 164 g/mol. The fraction of sp³-hybridized carbons (Fsp3) is 1.00. The summed E-state index contributed by atoms with van der Waals surface area (Å²) in [6.07, 6.45) is 1.34. The maximum atomic E-state index is 5.56. The summed E-state index contributed by atoms with van der Waals surface area (Å²) in [5.41, 5.74) is 0. The van der Waals surface area contributed by atoms with Gasteiger partial charge in [0.05, 0.1) is 18.1 Å². The molecule has 0 aliphatic carbocycles. The molecule has 0 saturated carbocycles. The second-order valence-electron chi connectivity index (χ2n) is 2.71. The SMILES string of the molecule is CC1CC(C)OC(CCl)O1. The summed E-state index contributed by atoms with van der Waals surface area (Å²) in [4.78, 5) is 0. The average molecular weight is 165 g/mol. The smallest absolute Gasteiger partial charge is 0.171 e. The number of halogens is 1. The quantitative estimate of drug-likeness (QED) is 0.550. The summed E-state index contributed by atoms with van der Waals surface area (Å²) in [6.45, 7) is 4.08. The van der Waals surface area contributed by atoms with E-state index in [9.17, 15) is 0 Å². The predicted molar refractivity (Wildman–Crippen MR) is 40.2 cm³/mol. The second kappa shape index (κ2) is 3.56. The molecule has 0 bridgehead atoms. The molecule has 1 aliphatic rings. The molecule has 1 aliphatic heterocycles. The van der Waals surface area contributed by atoms with E-state index in [1.165, 1.54) is 0 Å². The molecular formula is C7H13ClO2. The molecule has 0 radical (unpaired) electrons. The molecule has 3 heteroatoms. The molecule has 0 amide bonds. The lowest BCUT2D eigenvalue weighted by Gasteiger charge is -2.31. The minimum absolute atomic E-state index is 0.194. The van der Waals surface area contributed by atoms with Gasteiger partial charge in [0.2, 0.25) is 0 Å². The maximum Gasteiger partial charge on any atom is 0.171 e. The Balaban J connectivity index is 2.35. The van der Waals surface area contributed by atoms with E-state index in [2.05, 4.69) is 0 Å². The first kappa shape index (κ1) is 8.31. The number of ether oxygens (including phenoxy) is 2. The standard InChI is InChI=1S/C7H13ClO2/c1-5-3-6(2)10-7(4-8)9-5/h5-7H,3-4H2,1-2H3. The normalized spacial score (nSPS) is 41.7. The van der Waals surface area contributed by atoms with Crippen LogP contribution in [0.1, 0.15) is 20.3 Å². The van der Waals surface area contributed by atoms with E-state index in [-0.39, 0.29) is 18.5 Å². The summed E-state index contributed by atoms with van der Waals surface area (Å²) in [5, 5.41) is 0. The zero-order chi connectivity index (χ0) is 7.56. The molecule has 2 unspecified atom stereocenters. The van der Waals surface area contributed by atoms with Gasteiger partial charge in [0.1, 0.15) is 0 Å². The summed E-state index contributed by atoms with van der Waals surface area (Å²) in [5.74, 6) is 0.425. The molecule has 60 valence electrons. The summed E-state index contributed by atoms with van der Waals surface area (Å²) >= 11 is 5.56. The van der Waals surface area contributed by atoms with Crippen LogP contribution in [0.15, 0.2) is 0 Å². The number of rotatable bonds is 1. The van der Waals surface area contributed by atoms with Crippen molar-refractivity contribution in [3.05, 3.63) is 0 Å². The van der Waals surface area contributed by atoms with Crippen LogP contribution in [0.3, 0.4) is 0 Å². The minimum atomic E-state index is -0.194. The van der Waals surface area contributed by atoms with Crippen LogP contribution in [0.2, 0.25) is 0 Å². The van der Waals surface area contributed by atoms with E-state index in [4.69, 9.17) is 21.1 Å². The number of hydrogen-bond donors (Lipinski definition) is 0. The van der Waals surface area contributed by atoms with E-state index >= 15 is 0 Å². The van der Waals surface area contributed by atoms with Gasteiger partial charge in [-0.3, -0.25) is 0 Å². The third kappa shape index (κ3) is 2.11. The third-order valence-electron chi connectivity index (χ3n) is 1.56.